The van der Waals surface area contributed by atoms with Crippen molar-refractivity contribution in [3.8, 4) is 5.75 Å². The average molecular weight is 310 g/mol. The second kappa shape index (κ2) is 6.12. The predicted octanol–water partition coefficient (Wildman–Crippen LogP) is 3.26. The van der Waals surface area contributed by atoms with Crippen molar-refractivity contribution in [2.75, 3.05) is 7.11 Å². The molecule has 0 radical (unpaired) electrons. The summed E-state index contributed by atoms with van der Waals surface area (Å²) >= 11 is 0. The molecule has 2 aromatic heterocycles. The number of ether oxygens (including phenoxy) is 1. The van der Waals surface area contributed by atoms with Crippen LogP contribution >= 0.6 is 0 Å². The molecule has 23 heavy (non-hydrogen) atoms. The molecule has 0 aliphatic carbocycles. The number of methoxy groups -OCH3 is 1. The van der Waals surface area contributed by atoms with E-state index in [0.717, 1.165) is 22.5 Å². The van der Waals surface area contributed by atoms with Crippen molar-refractivity contribution in [2.45, 2.75) is 19.3 Å². The number of carbonyl (C=O) groups is 1. The third-order valence-electron chi connectivity index (χ3n) is 3.91. The summed E-state index contributed by atoms with van der Waals surface area (Å²) in [5.74, 6) is -0.428. The van der Waals surface area contributed by atoms with Crippen LogP contribution in [0.5, 0.6) is 5.75 Å². The van der Waals surface area contributed by atoms with Crippen LogP contribution in [-0.4, -0.2) is 27.6 Å². The molecule has 118 valence electrons. The van der Waals surface area contributed by atoms with E-state index in [1.165, 1.54) is 0 Å². The van der Waals surface area contributed by atoms with E-state index in [-0.39, 0.29) is 12.3 Å². The van der Waals surface area contributed by atoms with Crippen LogP contribution in [-0.2, 0) is 4.79 Å². The number of carboxylic acid groups (broad SMARTS) is 1. The molecule has 0 aliphatic heterocycles. The highest BCUT2D eigenvalue weighted by Crippen LogP contribution is 2.31. The van der Waals surface area contributed by atoms with E-state index in [0.29, 0.717) is 5.75 Å². The molecular weight excluding hydrogens is 292 g/mol. The highest BCUT2D eigenvalue weighted by atomic mass is 16.5. The lowest BCUT2D eigenvalue weighted by Gasteiger charge is -2.16. The monoisotopic (exact) mass is 310 g/mol. The number of nitrogens with zero attached hydrogens (tertiary/aromatic N) is 2. The van der Waals surface area contributed by atoms with Crippen molar-refractivity contribution >= 4 is 11.6 Å². The zero-order valence-corrected chi connectivity index (χ0v) is 13.1. The molecule has 3 rings (SSSR count). The van der Waals surface area contributed by atoms with Gasteiger partial charge in [-0.25, -0.2) is 4.98 Å². The minimum absolute atomic E-state index is 0.00506. The fraction of sp³-hybridized carbons (Fsp3) is 0.222. The Morgan fingerprint density at radius 1 is 1.35 bits per heavy atom. The van der Waals surface area contributed by atoms with Crippen LogP contribution in [0, 0.1) is 6.92 Å². The molecule has 1 atom stereocenters. The second-order valence-corrected chi connectivity index (χ2v) is 5.54. The molecule has 0 saturated carbocycles. The first-order valence-electron chi connectivity index (χ1n) is 7.38. The Labute approximate surface area is 134 Å². The normalized spacial score (nSPS) is 12.3. The van der Waals surface area contributed by atoms with Crippen molar-refractivity contribution in [3.05, 3.63) is 65.6 Å². The number of hydrogen-bond donors (Lipinski definition) is 1. The lowest BCUT2D eigenvalue weighted by Crippen LogP contribution is -2.10. The van der Waals surface area contributed by atoms with E-state index in [2.05, 4.69) is 4.98 Å². The van der Waals surface area contributed by atoms with Crippen molar-refractivity contribution in [1.29, 1.82) is 0 Å². The maximum absolute atomic E-state index is 11.4. The first-order valence-corrected chi connectivity index (χ1v) is 7.38. The quantitative estimate of drug-likeness (QED) is 0.785. The smallest absolute Gasteiger partial charge is 0.304 e. The molecule has 1 N–H and O–H groups in total. The number of pyridine rings is 1. The zero-order chi connectivity index (χ0) is 16.4. The molecule has 0 bridgehead atoms. The number of hydrogen-bond acceptors (Lipinski definition) is 3. The fourth-order valence-electron chi connectivity index (χ4n) is 2.79. The van der Waals surface area contributed by atoms with Crippen molar-refractivity contribution < 1.29 is 14.6 Å². The highest BCUT2D eigenvalue weighted by molar-refractivity contribution is 5.69. The van der Waals surface area contributed by atoms with Gasteiger partial charge in [0, 0.05) is 18.3 Å². The average Bonchev–Trinajstić information content (AvgIpc) is 2.95. The second-order valence-electron chi connectivity index (χ2n) is 5.54. The van der Waals surface area contributed by atoms with Gasteiger partial charge >= 0.3 is 5.97 Å². The van der Waals surface area contributed by atoms with Gasteiger partial charge in [0.25, 0.3) is 0 Å². The van der Waals surface area contributed by atoms with Crippen LogP contribution < -0.4 is 4.74 Å². The third kappa shape index (κ3) is 3.04. The van der Waals surface area contributed by atoms with E-state index < -0.39 is 5.97 Å². The standard InChI is InChI=1S/C18H18N2O3/c1-12-6-7-17-19-10-16(20(17)11-12)15(9-18(21)22)13-4-3-5-14(8-13)23-2/h3-8,10-11,15H,9H2,1-2H3,(H,21,22). The van der Waals surface area contributed by atoms with E-state index >= 15 is 0 Å². The minimum atomic E-state index is -0.847. The van der Waals surface area contributed by atoms with Gasteiger partial charge in [0.2, 0.25) is 0 Å². The number of aryl methyl sites for hydroxylation is 1. The number of carboxylic acids is 1. The first kappa shape index (κ1) is 15.1. The summed E-state index contributed by atoms with van der Waals surface area (Å²) in [6.45, 7) is 2.00. The number of aliphatic carboxylic acids is 1. The Kier molecular flexibility index (Phi) is 4.02. The lowest BCUT2D eigenvalue weighted by atomic mass is 9.92. The van der Waals surface area contributed by atoms with Gasteiger partial charge in [-0.05, 0) is 36.2 Å². The van der Waals surface area contributed by atoms with Gasteiger partial charge in [-0.3, -0.25) is 4.79 Å². The van der Waals surface area contributed by atoms with Crippen molar-refractivity contribution in [2.24, 2.45) is 0 Å². The van der Waals surface area contributed by atoms with Gasteiger partial charge in [-0.2, -0.15) is 0 Å². The molecule has 2 heterocycles. The summed E-state index contributed by atoms with van der Waals surface area (Å²) in [4.78, 5) is 15.8. The van der Waals surface area contributed by atoms with Crippen molar-refractivity contribution in [3.63, 3.8) is 0 Å². The van der Waals surface area contributed by atoms with Gasteiger partial charge < -0.3 is 14.2 Å². The Hall–Kier alpha value is -2.82. The molecular formula is C18H18N2O3. The van der Waals surface area contributed by atoms with Crippen molar-refractivity contribution in [1.82, 2.24) is 9.38 Å². The molecule has 0 saturated heterocycles. The van der Waals surface area contributed by atoms with Gasteiger partial charge in [0.15, 0.2) is 0 Å². The van der Waals surface area contributed by atoms with E-state index in [4.69, 9.17) is 4.74 Å². The van der Waals surface area contributed by atoms with Crippen LogP contribution in [0.4, 0.5) is 0 Å². The molecule has 5 heteroatoms. The molecule has 0 spiro atoms. The van der Waals surface area contributed by atoms with Crippen LogP contribution in [0.25, 0.3) is 5.65 Å². The van der Waals surface area contributed by atoms with E-state index in [1.807, 2.05) is 53.9 Å². The molecule has 0 aliphatic rings. The predicted molar refractivity (Wildman–Crippen MR) is 87.0 cm³/mol. The minimum Gasteiger partial charge on any atom is -0.497 e. The lowest BCUT2D eigenvalue weighted by molar-refractivity contribution is -0.137. The van der Waals surface area contributed by atoms with E-state index in [9.17, 15) is 9.90 Å². The summed E-state index contributed by atoms with van der Waals surface area (Å²) in [5.41, 5.74) is 3.66. The van der Waals surface area contributed by atoms with Gasteiger partial charge in [-0.1, -0.05) is 18.2 Å². The van der Waals surface area contributed by atoms with Gasteiger partial charge in [0.05, 0.1) is 19.2 Å². The third-order valence-corrected chi connectivity index (χ3v) is 3.91. The SMILES string of the molecule is COc1cccc(C(CC(=O)O)c2cnc3ccc(C)cn23)c1. The summed E-state index contributed by atoms with van der Waals surface area (Å²) in [5, 5.41) is 9.34. The topological polar surface area (TPSA) is 63.8 Å². The largest absolute Gasteiger partial charge is 0.497 e. The Morgan fingerprint density at radius 2 is 2.17 bits per heavy atom. The summed E-state index contributed by atoms with van der Waals surface area (Å²) in [6.07, 6.45) is 3.73. The maximum Gasteiger partial charge on any atom is 0.304 e. The number of benzene rings is 1. The molecule has 1 aromatic carbocycles. The van der Waals surface area contributed by atoms with Crippen LogP contribution in [0.3, 0.4) is 0 Å². The van der Waals surface area contributed by atoms with Crippen LogP contribution in [0.2, 0.25) is 0 Å². The first-order chi connectivity index (χ1) is 11.1. The van der Waals surface area contributed by atoms with E-state index in [1.54, 1.807) is 13.3 Å². The van der Waals surface area contributed by atoms with Crippen LogP contribution in [0.1, 0.15) is 29.2 Å². The zero-order valence-electron chi connectivity index (χ0n) is 13.1. The molecule has 0 fully saturated rings. The number of rotatable bonds is 5. The summed E-state index contributed by atoms with van der Waals surface area (Å²) in [6, 6.07) is 11.4. The number of aromatic nitrogens is 2. The van der Waals surface area contributed by atoms with Gasteiger partial charge in [0.1, 0.15) is 11.4 Å². The molecule has 0 amide bonds. The molecule has 3 aromatic rings. The molecule has 5 nitrogen and oxygen atoms in total. The highest BCUT2D eigenvalue weighted by Gasteiger charge is 2.22. The fourth-order valence-corrected chi connectivity index (χ4v) is 2.79. The number of imidazole rings is 1. The van der Waals surface area contributed by atoms with Gasteiger partial charge in [-0.15, -0.1) is 0 Å². The summed E-state index contributed by atoms with van der Waals surface area (Å²) in [7, 11) is 1.60. The molecule has 1 unspecified atom stereocenters. The number of fused-ring (bicyclic) bond motifs is 1. The summed E-state index contributed by atoms with van der Waals surface area (Å²) < 4.78 is 7.22. The Bertz CT molecular complexity index is 854. The Morgan fingerprint density at radius 3 is 2.91 bits per heavy atom. The maximum atomic E-state index is 11.4. The van der Waals surface area contributed by atoms with Crippen LogP contribution in [0.15, 0.2) is 48.8 Å². The Balaban J connectivity index is 2.14.